The second-order valence-electron chi connectivity index (χ2n) is 7.77. The molecule has 2 aromatic carbocycles. The number of nitrogens with one attached hydrogen (secondary N) is 1. The zero-order chi connectivity index (χ0) is 20.9. The Balaban J connectivity index is 1.21. The third-order valence-electron chi connectivity index (χ3n) is 5.76. The van der Waals surface area contributed by atoms with E-state index in [4.69, 9.17) is 11.6 Å². The molecule has 2 heterocycles. The predicted molar refractivity (Wildman–Crippen MR) is 121 cm³/mol. The van der Waals surface area contributed by atoms with Gasteiger partial charge in [0.1, 0.15) is 0 Å². The van der Waals surface area contributed by atoms with Crippen molar-refractivity contribution in [1.82, 2.24) is 4.90 Å². The monoisotopic (exact) mass is 426 g/mol. The molecule has 2 saturated heterocycles. The highest BCUT2D eigenvalue weighted by Gasteiger charge is 2.22. The maximum absolute atomic E-state index is 12.3. The van der Waals surface area contributed by atoms with E-state index in [9.17, 15) is 9.59 Å². The fourth-order valence-electron chi connectivity index (χ4n) is 4.05. The van der Waals surface area contributed by atoms with Crippen molar-refractivity contribution in [2.45, 2.75) is 19.3 Å². The maximum Gasteiger partial charge on any atom is 0.227 e. The molecule has 1 N–H and O–H groups in total. The topological polar surface area (TPSA) is 55.9 Å². The SMILES string of the molecule is O=C(CCN1CCN(c2ccccc2Cl)CC1)Nc1ccc(N2CCCC2=O)cc1. The van der Waals surface area contributed by atoms with Crippen LogP contribution in [0.1, 0.15) is 19.3 Å². The minimum absolute atomic E-state index is 0.00790. The average molecular weight is 427 g/mol. The van der Waals surface area contributed by atoms with E-state index in [-0.39, 0.29) is 11.8 Å². The highest BCUT2D eigenvalue weighted by atomic mass is 35.5. The molecule has 0 saturated carbocycles. The molecule has 7 heteroatoms. The van der Waals surface area contributed by atoms with E-state index in [0.717, 1.165) is 67.8 Å². The van der Waals surface area contributed by atoms with Gasteiger partial charge in [0.25, 0.3) is 0 Å². The van der Waals surface area contributed by atoms with Crippen LogP contribution in [-0.4, -0.2) is 56.0 Å². The van der Waals surface area contributed by atoms with Crippen molar-refractivity contribution in [1.29, 1.82) is 0 Å². The van der Waals surface area contributed by atoms with Crippen LogP contribution in [0.5, 0.6) is 0 Å². The number of nitrogens with zero attached hydrogens (tertiary/aromatic N) is 3. The number of piperazine rings is 1. The summed E-state index contributed by atoms with van der Waals surface area (Å²) in [6.07, 6.45) is 1.98. The number of hydrogen-bond acceptors (Lipinski definition) is 4. The summed E-state index contributed by atoms with van der Waals surface area (Å²) in [5, 5.41) is 3.74. The highest BCUT2D eigenvalue weighted by Crippen LogP contribution is 2.26. The van der Waals surface area contributed by atoms with Crippen LogP contribution in [0.4, 0.5) is 17.1 Å². The van der Waals surface area contributed by atoms with E-state index < -0.39 is 0 Å². The molecule has 4 rings (SSSR count). The molecule has 0 radical (unpaired) electrons. The van der Waals surface area contributed by atoms with Crippen LogP contribution >= 0.6 is 11.6 Å². The van der Waals surface area contributed by atoms with Crippen LogP contribution in [0.25, 0.3) is 0 Å². The Morgan fingerprint density at radius 3 is 2.37 bits per heavy atom. The zero-order valence-corrected chi connectivity index (χ0v) is 17.8. The Labute approximate surface area is 182 Å². The van der Waals surface area contributed by atoms with E-state index in [0.29, 0.717) is 12.8 Å². The Hall–Kier alpha value is -2.57. The number of hydrogen-bond donors (Lipinski definition) is 1. The molecule has 30 heavy (non-hydrogen) atoms. The third-order valence-corrected chi connectivity index (χ3v) is 6.08. The van der Waals surface area contributed by atoms with Crippen molar-refractivity contribution >= 4 is 40.5 Å². The van der Waals surface area contributed by atoms with Crippen LogP contribution in [0.3, 0.4) is 0 Å². The summed E-state index contributed by atoms with van der Waals surface area (Å²) in [5.74, 6) is 0.176. The van der Waals surface area contributed by atoms with Crippen molar-refractivity contribution in [3.63, 3.8) is 0 Å². The first-order chi connectivity index (χ1) is 14.6. The largest absolute Gasteiger partial charge is 0.368 e. The van der Waals surface area contributed by atoms with Crippen molar-refractivity contribution in [2.24, 2.45) is 0 Å². The second-order valence-corrected chi connectivity index (χ2v) is 8.18. The van der Waals surface area contributed by atoms with Crippen LogP contribution in [0.2, 0.25) is 5.02 Å². The standard InChI is InChI=1S/C23H27ClN4O2/c24-20-4-1-2-5-21(20)27-16-14-26(15-17-27)13-11-22(29)25-18-7-9-19(10-8-18)28-12-3-6-23(28)30/h1-2,4-5,7-10H,3,6,11-17H2,(H,25,29). The van der Waals surface area contributed by atoms with Crippen molar-refractivity contribution < 1.29 is 9.59 Å². The van der Waals surface area contributed by atoms with Gasteiger partial charge < -0.3 is 15.1 Å². The van der Waals surface area contributed by atoms with Crippen LogP contribution in [-0.2, 0) is 9.59 Å². The lowest BCUT2D eigenvalue weighted by Crippen LogP contribution is -2.47. The van der Waals surface area contributed by atoms with Gasteiger partial charge in [-0.25, -0.2) is 0 Å². The first-order valence-electron chi connectivity index (χ1n) is 10.5. The summed E-state index contributed by atoms with van der Waals surface area (Å²) in [4.78, 5) is 30.6. The maximum atomic E-state index is 12.3. The van der Waals surface area contributed by atoms with Gasteiger partial charge in [-0.3, -0.25) is 14.5 Å². The lowest BCUT2D eigenvalue weighted by molar-refractivity contribution is -0.117. The van der Waals surface area contributed by atoms with Gasteiger partial charge in [0, 0.05) is 63.5 Å². The lowest BCUT2D eigenvalue weighted by atomic mass is 10.2. The number of anilines is 3. The fraction of sp³-hybridized carbons (Fsp3) is 0.391. The number of carbonyl (C=O) groups excluding carboxylic acids is 2. The van der Waals surface area contributed by atoms with Gasteiger partial charge in [-0.15, -0.1) is 0 Å². The minimum atomic E-state index is 0.00790. The zero-order valence-electron chi connectivity index (χ0n) is 17.0. The Morgan fingerprint density at radius 1 is 0.967 bits per heavy atom. The van der Waals surface area contributed by atoms with E-state index in [1.165, 1.54) is 0 Å². The molecule has 2 fully saturated rings. The summed E-state index contributed by atoms with van der Waals surface area (Å²) >= 11 is 6.30. The number of carbonyl (C=O) groups is 2. The molecule has 0 spiro atoms. The molecule has 0 unspecified atom stereocenters. The molecule has 0 aliphatic carbocycles. The number of halogens is 1. The van der Waals surface area contributed by atoms with E-state index in [1.54, 1.807) is 4.90 Å². The Bertz CT molecular complexity index is 894. The number of benzene rings is 2. The van der Waals surface area contributed by atoms with Crippen LogP contribution in [0, 0.1) is 0 Å². The summed E-state index contributed by atoms with van der Waals surface area (Å²) < 4.78 is 0. The average Bonchev–Trinajstić information content (AvgIpc) is 3.19. The summed E-state index contributed by atoms with van der Waals surface area (Å²) in [6, 6.07) is 15.4. The number of amides is 2. The predicted octanol–water partition coefficient (Wildman–Crippen LogP) is 3.62. The minimum Gasteiger partial charge on any atom is -0.368 e. The van der Waals surface area contributed by atoms with Gasteiger partial charge in [0.2, 0.25) is 11.8 Å². The first-order valence-corrected chi connectivity index (χ1v) is 10.9. The number of para-hydroxylation sites is 1. The van der Waals surface area contributed by atoms with Crippen molar-refractivity contribution in [2.75, 3.05) is 54.4 Å². The highest BCUT2D eigenvalue weighted by molar-refractivity contribution is 6.33. The van der Waals surface area contributed by atoms with Gasteiger partial charge >= 0.3 is 0 Å². The van der Waals surface area contributed by atoms with Gasteiger partial charge in [0.05, 0.1) is 10.7 Å². The van der Waals surface area contributed by atoms with Gasteiger partial charge in [-0.1, -0.05) is 23.7 Å². The van der Waals surface area contributed by atoms with Gasteiger partial charge in [-0.2, -0.15) is 0 Å². The first kappa shape index (κ1) is 20.7. The molecule has 2 aromatic rings. The number of rotatable bonds is 6. The van der Waals surface area contributed by atoms with Crippen LogP contribution < -0.4 is 15.1 Å². The molecule has 6 nitrogen and oxygen atoms in total. The van der Waals surface area contributed by atoms with Crippen molar-refractivity contribution in [3.05, 3.63) is 53.6 Å². The molecule has 158 valence electrons. The van der Waals surface area contributed by atoms with Gasteiger partial charge in [0.15, 0.2) is 0 Å². The van der Waals surface area contributed by atoms with Crippen LogP contribution in [0.15, 0.2) is 48.5 Å². The molecular formula is C23H27ClN4O2. The summed E-state index contributed by atoms with van der Waals surface area (Å²) in [7, 11) is 0. The third kappa shape index (κ3) is 4.94. The molecular weight excluding hydrogens is 400 g/mol. The lowest BCUT2D eigenvalue weighted by Gasteiger charge is -2.36. The van der Waals surface area contributed by atoms with E-state index in [1.807, 2.05) is 42.5 Å². The van der Waals surface area contributed by atoms with E-state index in [2.05, 4.69) is 21.2 Å². The Morgan fingerprint density at radius 2 is 1.70 bits per heavy atom. The molecule has 0 bridgehead atoms. The molecule has 2 aliphatic heterocycles. The summed E-state index contributed by atoms with van der Waals surface area (Å²) in [5.41, 5.74) is 2.74. The van der Waals surface area contributed by atoms with Crippen molar-refractivity contribution in [3.8, 4) is 0 Å². The summed E-state index contributed by atoms with van der Waals surface area (Å²) in [6.45, 7) is 5.15. The quantitative estimate of drug-likeness (QED) is 0.766. The van der Waals surface area contributed by atoms with E-state index >= 15 is 0 Å². The smallest absolute Gasteiger partial charge is 0.227 e. The fourth-order valence-corrected chi connectivity index (χ4v) is 4.30. The second kappa shape index (κ2) is 9.49. The molecule has 2 amide bonds. The Kier molecular flexibility index (Phi) is 6.55. The normalized spacial score (nSPS) is 17.4. The molecule has 0 atom stereocenters. The molecule has 0 aromatic heterocycles. The van der Waals surface area contributed by atoms with Gasteiger partial charge in [-0.05, 0) is 42.8 Å². The molecule has 2 aliphatic rings.